The molecule has 0 aliphatic heterocycles. The molecule has 5 rings (SSSR count). The number of aromatic nitrogens is 2. The van der Waals surface area contributed by atoms with Crippen LogP contribution < -0.4 is 0 Å². The van der Waals surface area contributed by atoms with Crippen LogP contribution in [0.4, 0.5) is 8.78 Å². The molecule has 1 fully saturated rings. The highest BCUT2D eigenvalue weighted by Gasteiger charge is 2.25. The van der Waals surface area contributed by atoms with E-state index in [4.69, 9.17) is 26.1 Å². The molecule has 200 valence electrons. The summed E-state index contributed by atoms with van der Waals surface area (Å²) in [6.07, 6.45) is 7.58. The average molecular weight is 559 g/mol. The normalized spacial score (nSPS) is 16.3. The van der Waals surface area contributed by atoms with Crippen LogP contribution in [0.25, 0.3) is 16.6 Å². The van der Waals surface area contributed by atoms with Gasteiger partial charge in [0.05, 0.1) is 35.0 Å². The molecule has 1 unspecified atom stereocenters. The van der Waals surface area contributed by atoms with Crippen molar-refractivity contribution < 1.29 is 23.0 Å². The molecule has 1 N–H and O–H groups in total. The van der Waals surface area contributed by atoms with E-state index < -0.39 is 6.61 Å². The zero-order chi connectivity index (χ0) is 26.6. The molecule has 1 saturated carbocycles. The maximum Gasteiger partial charge on any atom is 0.387 e. The van der Waals surface area contributed by atoms with Crippen LogP contribution in [-0.4, -0.2) is 34.9 Å². The Morgan fingerprint density at radius 3 is 2.66 bits per heavy atom. The van der Waals surface area contributed by atoms with Crippen molar-refractivity contribution in [1.29, 1.82) is 0 Å². The highest BCUT2D eigenvalue weighted by molar-refractivity contribution is 7.99. The predicted octanol–water partition coefficient (Wildman–Crippen LogP) is 8.10. The number of imidazole rings is 1. The maximum atomic E-state index is 13.0. The number of allylic oxidation sites excluding steroid dienone is 3. The monoisotopic (exact) mass is 558 g/mol. The van der Waals surface area contributed by atoms with Gasteiger partial charge in [0.25, 0.3) is 0 Å². The van der Waals surface area contributed by atoms with Crippen molar-refractivity contribution in [3.63, 3.8) is 0 Å². The molecule has 5 nitrogen and oxygen atoms in total. The molecule has 2 aromatic carbocycles. The first-order chi connectivity index (χ1) is 18.4. The van der Waals surface area contributed by atoms with Crippen molar-refractivity contribution >= 4 is 45.9 Å². The highest BCUT2D eigenvalue weighted by atomic mass is 35.5. The number of nitrogens with zero attached hydrogens (tertiary/aromatic N) is 1. The number of hydrogen-bond acceptors (Lipinski definition) is 5. The van der Waals surface area contributed by atoms with Crippen LogP contribution in [0.3, 0.4) is 0 Å². The van der Waals surface area contributed by atoms with Crippen LogP contribution in [0.15, 0.2) is 59.2 Å². The largest absolute Gasteiger partial charge is 0.466 e. The van der Waals surface area contributed by atoms with Gasteiger partial charge >= 0.3 is 12.6 Å². The van der Waals surface area contributed by atoms with Crippen LogP contribution in [0, 0.1) is 5.92 Å². The van der Waals surface area contributed by atoms with Gasteiger partial charge in [0.15, 0.2) is 0 Å². The molecule has 0 spiro atoms. The Hall–Kier alpha value is -2.84. The fourth-order valence-corrected chi connectivity index (χ4v) is 5.93. The summed E-state index contributed by atoms with van der Waals surface area (Å²) in [4.78, 5) is 21.9. The molecule has 2 aliphatic rings. The SMILES string of the molecule is CCOC(=O)CC(c1ccc(SCC2CC2)cc1)c1nc2cc(C3=CCCC=C3OC(F)F)c(Cl)cc2[nH]1. The molecular formula is C29H29ClF2N2O3S. The minimum atomic E-state index is -2.93. The number of carbonyl (C=O) groups is 1. The van der Waals surface area contributed by atoms with Crippen LogP contribution in [0.5, 0.6) is 0 Å². The summed E-state index contributed by atoms with van der Waals surface area (Å²) >= 11 is 8.46. The number of carbonyl (C=O) groups excluding carboxylic acids is 1. The van der Waals surface area contributed by atoms with Crippen LogP contribution >= 0.6 is 23.4 Å². The van der Waals surface area contributed by atoms with E-state index in [2.05, 4.69) is 17.1 Å². The van der Waals surface area contributed by atoms with Crippen LogP contribution in [0.1, 0.15) is 61.9 Å². The standard InChI is InChI=1S/C29H29ClF2N2O3S/c1-2-36-27(35)14-21(18-9-11-19(12-10-18)38-16-17-7-8-17)28-33-24-13-22(23(30)15-25(24)34-28)20-5-3-4-6-26(20)37-29(31)32/h5-6,9-13,15,17,21,29H,2-4,7-8,14,16H2,1H3,(H,33,34). The number of aromatic amines is 1. The lowest BCUT2D eigenvalue weighted by Crippen LogP contribution is -2.12. The Balaban J connectivity index is 1.46. The number of nitrogens with one attached hydrogen (secondary N) is 1. The Labute approximate surface area is 229 Å². The summed E-state index contributed by atoms with van der Waals surface area (Å²) in [5, 5.41) is 0.392. The Kier molecular flexibility index (Phi) is 8.39. The lowest BCUT2D eigenvalue weighted by Gasteiger charge is -2.18. The minimum absolute atomic E-state index is 0.114. The first-order valence-electron chi connectivity index (χ1n) is 12.8. The van der Waals surface area contributed by atoms with E-state index in [9.17, 15) is 13.6 Å². The van der Waals surface area contributed by atoms with Gasteiger partial charge in [0.2, 0.25) is 0 Å². The summed E-state index contributed by atoms with van der Waals surface area (Å²) in [5.41, 5.74) is 3.35. The lowest BCUT2D eigenvalue weighted by molar-refractivity contribution is -0.143. The number of ether oxygens (including phenoxy) is 2. The van der Waals surface area contributed by atoms with Crippen LogP contribution in [0.2, 0.25) is 5.02 Å². The van der Waals surface area contributed by atoms with Gasteiger partial charge < -0.3 is 14.5 Å². The van der Waals surface area contributed by atoms with E-state index in [1.807, 2.05) is 30.0 Å². The third kappa shape index (κ3) is 6.41. The highest BCUT2D eigenvalue weighted by Crippen LogP contribution is 2.38. The maximum absolute atomic E-state index is 13.0. The van der Waals surface area contributed by atoms with Gasteiger partial charge in [-0.3, -0.25) is 4.79 Å². The molecule has 2 aliphatic carbocycles. The summed E-state index contributed by atoms with van der Waals surface area (Å²) in [5.74, 6) is 2.03. The van der Waals surface area contributed by atoms with E-state index in [1.54, 1.807) is 25.1 Å². The van der Waals surface area contributed by atoms with Gasteiger partial charge in [-0.2, -0.15) is 8.78 Å². The quantitative estimate of drug-likeness (QED) is 0.190. The predicted molar refractivity (Wildman–Crippen MR) is 146 cm³/mol. The average Bonchev–Trinajstić information content (AvgIpc) is 3.64. The third-order valence-electron chi connectivity index (χ3n) is 6.68. The molecule has 1 heterocycles. The first-order valence-corrected chi connectivity index (χ1v) is 14.2. The molecule has 0 radical (unpaired) electrons. The Morgan fingerprint density at radius 2 is 1.95 bits per heavy atom. The smallest absolute Gasteiger partial charge is 0.387 e. The van der Waals surface area contributed by atoms with E-state index in [0.717, 1.165) is 17.2 Å². The number of alkyl halides is 2. The number of thioether (sulfide) groups is 1. The van der Waals surface area contributed by atoms with Gasteiger partial charge in [-0.15, -0.1) is 11.8 Å². The number of hydrogen-bond donors (Lipinski definition) is 1. The second-order valence-electron chi connectivity index (χ2n) is 9.50. The number of H-pyrrole nitrogens is 1. The summed E-state index contributed by atoms with van der Waals surface area (Å²) in [6.45, 7) is -0.846. The molecule has 0 amide bonds. The molecule has 1 atom stereocenters. The van der Waals surface area contributed by atoms with Crippen molar-refractivity contribution in [2.45, 2.75) is 56.5 Å². The number of esters is 1. The number of rotatable bonds is 11. The zero-order valence-electron chi connectivity index (χ0n) is 21.0. The van der Waals surface area contributed by atoms with Crippen molar-refractivity contribution in [2.24, 2.45) is 5.92 Å². The van der Waals surface area contributed by atoms with Crippen molar-refractivity contribution in [1.82, 2.24) is 9.97 Å². The van der Waals surface area contributed by atoms with Gasteiger partial charge in [-0.1, -0.05) is 29.8 Å². The number of benzene rings is 2. The van der Waals surface area contributed by atoms with E-state index >= 15 is 0 Å². The van der Waals surface area contributed by atoms with E-state index in [1.165, 1.54) is 17.7 Å². The fraction of sp³-hybridized carbons (Fsp3) is 0.379. The zero-order valence-corrected chi connectivity index (χ0v) is 22.6. The molecule has 3 aromatic rings. The van der Waals surface area contributed by atoms with Crippen LogP contribution in [-0.2, 0) is 14.3 Å². The van der Waals surface area contributed by atoms with E-state index in [0.29, 0.717) is 52.5 Å². The van der Waals surface area contributed by atoms with Crippen molar-refractivity contribution in [3.05, 3.63) is 76.3 Å². The number of halogens is 3. The van der Waals surface area contributed by atoms with Crippen molar-refractivity contribution in [3.8, 4) is 0 Å². The topological polar surface area (TPSA) is 64.2 Å². The van der Waals surface area contributed by atoms with Crippen molar-refractivity contribution in [2.75, 3.05) is 12.4 Å². The first kappa shape index (κ1) is 26.8. The molecule has 0 bridgehead atoms. The Morgan fingerprint density at radius 1 is 1.18 bits per heavy atom. The Bertz CT molecular complexity index is 1370. The molecular weight excluding hydrogens is 530 g/mol. The minimum Gasteiger partial charge on any atom is -0.466 e. The molecule has 9 heteroatoms. The molecule has 0 saturated heterocycles. The van der Waals surface area contributed by atoms with Gasteiger partial charge in [0.1, 0.15) is 11.6 Å². The van der Waals surface area contributed by atoms with Gasteiger partial charge in [-0.25, -0.2) is 4.98 Å². The second-order valence-corrected chi connectivity index (χ2v) is 11.0. The van der Waals surface area contributed by atoms with Gasteiger partial charge in [-0.05, 0) is 74.4 Å². The molecule has 1 aromatic heterocycles. The third-order valence-corrected chi connectivity index (χ3v) is 8.23. The lowest BCUT2D eigenvalue weighted by atomic mass is 9.95. The second kappa shape index (κ2) is 11.9. The summed E-state index contributed by atoms with van der Waals surface area (Å²) < 4.78 is 36.0. The van der Waals surface area contributed by atoms with E-state index in [-0.39, 0.29) is 24.1 Å². The fourth-order valence-electron chi connectivity index (χ4n) is 4.58. The summed E-state index contributed by atoms with van der Waals surface area (Å²) in [7, 11) is 0. The van der Waals surface area contributed by atoms with Gasteiger partial charge in [0, 0.05) is 21.8 Å². The summed E-state index contributed by atoms with van der Waals surface area (Å²) in [6, 6.07) is 11.8. The molecule has 38 heavy (non-hydrogen) atoms. The number of fused-ring (bicyclic) bond motifs is 1.